The summed E-state index contributed by atoms with van der Waals surface area (Å²) in [5.74, 6) is 5.60. The fraction of sp³-hybridized carbons (Fsp3) is 0.727. The van der Waals surface area contributed by atoms with Gasteiger partial charge in [-0.2, -0.15) is 5.10 Å². The zero-order valence-electron chi connectivity index (χ0n) is 10.8. The molecule has 98 valence electrons. The van der Waals surface area contributed by atoms with Gasteiger partial charge in [-0.1, -0.05) is 11.6 Å². The van der Waals surface area contributed by atoms with Crippen LogP contribution in [-0.2, 0) is 4.74 Å². The van der Waals surface area contributed by atoms with Crippen LogP contribution >= 0.6 is 11.6 Å². The smallest absolute Gasteiger partial charge is 0.0902 e. The van der Waals surface area contributed by atoms with Crippen molar-refractivity contribution >= 4 is 11.6 Å². The first-order valence-corrected chi connectivity index (χ1v) is 6.21. The molecule has 0 bridgehead atoms. The quantitative estimate of drug-likeness (QED) is 0.607. The lowest BCUT2D eigenvalue weighted by atomic mass is 10.1. The van der Waals surface area contributed by atoms with E-state index in [4.69, 9.17) is 22.2 Å². The maximum atomic E-state index is 6.17. The highest BCUT2D eigenvalue weighted by Crippen LogP contribution is 2.28. The number of aromatic nitrogens is 2. The molecule has 0 aliphatic carbocycles. The van der Waals surface area contributed by atoms with Crippen LogP contribution in [0.4, 0.5) is 0 Å². The molecule has 0 spiro atoms. The van der Waals surface area contributed by atoms with Crippen LogP contribution in [0.3, 0.4) is 0 Å². The lowest BCUT2D eigenvalue weighted by Crippen LogP contribution is -2.38. The molecule has 0 aliphatic heterocycles. The van der Waals surface area contributed by atoms with Gasteiger partial charge in [0.05, 0.1) is 29.1 Å². The van der Waals surface area contributed by atoms with Crippen LogP contribution in [0.25, 0.3) is 0 Å². The lowest BCUT2D eigenvalue weighted by Gasteiger charge is -2.25. The number of ether oxygens (including phenoxy) is 1. The standard InChI is InChI=1S/C11H21ClN4O/c1-5-17-8(4)10(15-13)11-9(12)6-14-16(11)7(2)3/h6-8,10,15H,5,13H2,1-4H3. The summed E-state index contributed by atoms with van der Waals surface area (Å²) < 4.78 is 7.43. The Kier molecular flexibility index (Phi) is 5.39. The predicted octanol–water partition coefficient (Wildman–Crippen LogP) is 2.05. The second kappa shape index (κ2) is 6.35. The van der Waals surface area contributed by atoms with Crippen molar-refractivity contribution in [1.82, 2.24) is 15.2 Å². The number of nitrogens with two attached hydrogens (primary N) is 1. The highest BCUT2D eigenvalue weighted by Gasteiger charge is 2.26. The van der Waals surface area contributed by atoms with Gasteiger partial charge in [-0.15, -0.1) is 0 Å². The van der Waals surface area contributed by atoms with Crippen molar-refractivity contribution in [2.75, 3.05) is 6.61 Å². The van der Waals surface area contributed by atoms with Crippen LogP contribution in [0.2, 0.25) is 5.02 Å². The number of hydrazine groups is 1. The van der Waals surface area contributed by atoms with Crippen LogP contribution in [0.5, 0.6) is 0 Å². The van der Waals surface area contributed by atoms with Crippen molar-refractivity contribution in [3.8, 4) is 0 Å². The van der Waals surface area contributed by atoms with Crippen molar-refractivity contribution < 1.29 is 4.74 Å². The van der Waals surface area contributed by atoms with E-state index < -0.39 is 0 Å². The van der Waals surface area contributed by atoms with Gasteiger partial charge in [0.2, 0.25) is 0 Å². The number of hydrogen-bond donors (Lipinski definition) is 2. The molecule has 0 saturated heterocycles. The highest BCUT2D eigenvalue weighted by molar-refractivity contribution is 6.31. The van der Waals surface area contributed by atoms with Crippen molar-refractivity contribution in [1.29, 1.82) is 0 Å². The summed E-state index contributed by atoms with van der Waals surface area (Å²) >= 11 is 6.17. The average Bonchev–Trinajstić information content (AvgIpc) is 2.63. The van der Waals surface area contributed by atoms with Crippen molar-refractivity contribution in [2.24, 2.45) is 5.84 Å². The number of rotatable bonds is 6. The van der Waals surface area contributed by atoms with Gasteiger partial charge in [-0.05, 0) is 27.7 Å². The Morgan fingerprint density at radius 2 is 2.18 bits per heavy atom. The van der Waals surface area contributed by atoms with Gasteiger partial charge in [0, 0.05) is 12.6 Å². The maximum Gasteiger partial charge on any atom is 0.0902 e. The molecule has 0 fully saturated rings. The first-order chi connectivity index (χ1) is 8.02. The molecule has 2 unspecified atom stereocenters. The molecule has 1 heterocycles. The molecular formula is C11H21ClN4O. The minimum Gasteiger partial charge on any atom is -0.377 e. The molecule has 0 radical (unpaired) electrons. The predicted molar refractivity (Wildman–Crippen MR) is 68.8 cm³/mol. The largest absolute Gasteiger partial charge is 0.377 e. The summed E-state index contributed by atoms with van der Waals surface area (Å²) in [6.45, 7) is 8.64. The Balaban J connectivity index is 3.06. The molecule has 5 nitrogen and oxygen atoms in total. The lowest BCUT2D eigenvalue weighted by molar-refractivity contribution is 0.0446. The van der Waals surface area contributed by atoms with Crippen LogP contribution in [0.1, 0.15) is 45.5 Å². The topological polar surface area (TPSA) is 65.1 Å². The molecular weight excluding hydrogens is 240 g/mol. The van der Waals surface area contributed by atoms with Crippen LogP contribution < -0.4 is 11.3 Å². The summed E-state index contributed by atoms with van der Waals surface area (Å²) in [5.41, 5.74) is 3.62. The third kappa shape index (κ3) is 3.19. The summed E-state index contributed by atoms with van der Waals surface area (Å²) in [6, 6.07) is 0.0505. The zero-order valence-corrected chi connectivity index (χ0v) is 11.5. The third-order valence-corrected chi connectivity index (χ3v) is 2.94. The highest BCUT2D eigenvalue weighted by atomic mass is 35.5. The van der Waals surface area contributed by atoms with Crippen LogP contribution in [0.15, 0.2) is 6.20 Å². The van der Waals surface area contributed by atoms with E-state index in [0.29, 0.717) is 11.6 Å². The Labute approximate surface area is 107 Å². The van der Waals surface area contributed by atoms with E-state index in [0.717, 1.165) is 5.69 Å². The van der Waals surface area contributed by atoms with E-state index >= 15 is 0 Å². The average molecular weight is 261 g/mol. The second-order valence-corrected chi connectivity index (χ2v) is 4.63. The number of nitrogens with zero attached hydrogens (tertiary/aromatic N) is 2. The minimum atomic E-state index is -0.174. The maximum absolute atomic E-state index is 6.17. The molecule has 3 N–H and O–H groups in total. The van der Waals surface area contributed by atoms with Gasteiger partial charge in [-0.25, -0.2) is 5.43 Å². The first kappa shape index (κ1) is 14.4. The van der Waals surface area contributed by atoms with Gasteiger partial charge in [0.15, 0.2) is 0 Å². The van der Waals surface area contributed by atoms with Gasteiger partial charge in [0.25, 0.3) is 0 Å². The van der Waals surface area contributed by atoms with Gasteiger partial charge in [-0.3, -0.25) is 10.5 Å². The van der Waals surface area contributed by atoms with E-state index in [1.165, 1.54) is 0 Å². The number of halogens is 1. The third-order valence-electron chi connectivity index (χ3n) is 2.65. The van der Waals surface area contributed by atoms with E-state index in [1.54, 1.807) is 6.20 Å². The van der Waals surface area contributed by atoms with Gasteiger partial charge < -0.3 is 4.74 Å². The fourth-order valence-corrected chi connectivity index (χ4v) is 2.10. The summed E-state index contributed by atoms with van der Waals surface area (Å²) in [7, 11) is 0. The Bertz CT molecular complexity index is 353. The van der Waals surface area contributed by atoms with Gasteiger partial charge in [0.1, 0.15) is 0 Å². The Hall–Kier alpha value is -0.620. The fourth-order valence-electron chi connectivity index (χ4n) is 1.85. The molecule has 0 aliphatic rings. The minimum absolute atomic E-state index is 0.0725. The van der Waals surface area contributed by atoms with Crippen molar-refractivity contribution in [3.05, 3.63) is 16.9 Å². The molecule has 1 rings (SSSR count). The molecule has 17 heavy (non-hydrogen) atoms. The van der Waals surface area contributed by atoms with E-state index in [1.807, 2.05) is 32.4 Å². The molecule has 6 heteroatoms. The molecule has 0 aromatic carbocycles. The number of nitrogens with one attached hydrogen (secondary N) is 1. The van der Waals surface area contributed by atoms with Crippen molar-refractivity contribution in [3.63, 3.8) is 0 Å². The normalized spacial score (nSPS) is 15.2. The summed E-state index contributed by atoms with van der Waals surface area (Å²) in [4.78, 5) is 0. The van der Waals surface area contributed by atoms with E-state index in [-0.39, 0.29) is 18.2 Å². The van der Waals surface area contributed by atoms with Crippen molar-refractivity contribution in [2.45, 2.75) is 45.9 Å². The Morgan fingerprint density at radius 3 is 2.65 bits per heavy atom. The molecule has 0 saturated carbocycles. The summed E-state index contributed by atoms with van der Waals surface area (Å²) in [6.07, 6.45) is 1.57. The van der Waals surface area contributed by atoms with E-state index in [9.17, 15) is 0 Å². The Morgan fingerprint density at radius 1 is 1.53 bits per heavy atom. The molecule has 1 aromatic heterocycles. The van der Waals surface area contributed by atoms with Crippen LogP contribution in [0, 0.1) is 0 Å². The number of hydrogen-bond acceptors (Lipinski definition) is 4. The summed E-state index contributed by atoms with van der Waals surface area (Å²) in [5, 5.41) is 4.87. The second-order valence-electron chi connectivity index (χ2n) is 4.22. The molecule has 1 aromatic rings. The molecule has 2 atom stereocenters. The van der Waals surface area contributed by atoms with E-state index in [2.05, 4.69) is 10.5 Å². The van der Waals surface area contributed by atoms with Gasteiger partial charge >= 0.3 is 0 Å². The van der Waals surface area contributed by atoms with Crippen LogP contribution in [-0.4, -0.2) is 22.5 Å². The molecule has 0 amide bonds. The first-order valence-electron chi connectivity index (χ1n) is 5.83. The zero-order chi connectivity index (χ0) is 13.0. The monoisotopic (exact) mass is 260 g/mol. The SMILES string of the molecule is CCOC(C)C(NN)c1c(Cl)cnn1C(C)C.